The second-order valence-electron chi connectivity index (χ2n) is 15.9. The zero-order valence-electron chi connectivity index (χ0n) is 34.7. The third-order valence-corrected chi connectivity index (χ3v) is 11.8. The predicted molar refractivity (Wildman–Crippen MR) is 216 cm³/mol. The number of anilines is 1. The van der Waals surface area contributed by atoms with Crippen molar-refractivity contribution in [3.05, 3.63) is 58.7 Å². The van der Waals surface area contributed by atoms with Crippen LogP contribution < -0.4 is 5.32 Å². The van der Waals surface area contributed by atoms with E-state index in [0.29, 0.717) is 56.7 Å². The van der Waals surface area contributed by atoms with Crippen molar-refractivity contribution in [2.75, 3.05) is 64.3 Å². The van der Waals surface area contributed by atoms with Gasteiger partial charge in [-0.15, -0.1) is 0 Å². The van der Waals surface area contributed by atoms with E-state index in [-0.39, 0.29) is 55.5 Å². The van der Waals surface area contributed by atoms with Gasteiger partial charge in [-0.05, 0) is 94.0 Å². The molecule has 1 unspecified atom stereocenters. The minimum Gasteiger partial charge on any atom is -0.507 e. The summed E-state index contributed by atoms with van der Waals surface area (Å²) in [6.07, 6.45) is 1.44. The number of amides is 4. The number of carbonyl (C=O) groups is 5. The Kier molecular flexibility index (Phi) is 14.9. The smallest absolute Gasteiger partial charge is 0.507 e. The first-order valence-electron chi connectivity index (χ1n) is 21.0. The van der Waals surface area contributed by atoms with Crippen LogP contribution in [0.4, 0.5) is 20.1 Å². The van der Waals surface area contributed by atoms with Gasteiger partial charge >= 0.3 is 24.2 Å². The minimum absolute atomic E-state index is 0.0215. The number of hydrogen-bond acceptors (Lipinski definition) is 12. The number of phenolic OH excluding ortho intramolecular Hbond substituents is 1. The molecule has 4 aliphatic heterocycles. The number of aromatic hydroxyl groups is 1. The molecule has 0 aliphatic carbocycles. The van der Waals surface area contributed by atoms with Crippen molar-refractivity contribution in [2.45, 2.75) is 110 Å². The summed E-state index contributed by atoms with van der Waals surface area (Å²) >= 11 is 0. The topological polar surface area (TPSA) is 177 Å². The molecule has 16 heteroatoms. The molecule has 0 spiro atoms. The number of hydrogen-bond donors (Lipinski definition) is 2. The molecule has 3 fully saturated rings. The quantitative estimate of drug-likeness (QED) is 0.164. The molecule has 3 saturated heterocycles. The number of carbonyl (C=O) groups excluding carboxylic acids is 5. The molecule has 2 aromatic rings. The fraction of sp³-hybridized carbons (Fsp3) is 0.605. The Morgan fingerprint density at radius 2 is 1.47 bits per heavy atom. The van der Waals surface area contributed by atoms with Gasteiger partial charge in [0.1, 0.15) is 12.4 Å². The summed E-state index contributed by atoms with van der Waals surface area (Å²) in [4.78, 5) is 72.5. The highest BCUT2D eigenvalue weighted by Crippen LogP contribution is 2.28. The summed E-state index contributed by atoms with van der Waals surface area (Å²) in [6.45, 7) is 10.6. The fourth-order valence-electron chi connectivity index (χ4n) is 8.63. The number of rotatable bonds is 12. The second-order valence-corrected chi connectivity index (χ2v) is 15.9. The van der Waals surface area contributed by atoms with Gasteiger partial charge in [-0.25, -0.2) is 19.2 Å². The van der Waals surface area contributed by atoms with Crippen molar-refractivity contribution in [2.24, 2.45) is 0 Å². The number of nitrogens with zero attached hydrogens (tertiary/aromatic N) is 4. The van der Waals surface area contributed by atoms with Crippen LogP contribution in [-0.2, 0) is 46.1 Å². The first-order chi connectivity index (χ1) is 28.4. The van der Waals surface area contributed by atoms with E-state index in [9.17, 15) is 29.1 Å². The Hall–Kier alpha value is -5.09. The molecule has 4 aliphatic rings. The van der Waals surface area contributed by atoms with Gasteiger partial charge in [0.15, 0.2) is 6.10 Å². The lowest BCUT2D eigenvalue weighted by molar-refractivity contribution is -0.175. The Morgan fingerprint density at radius 1 is 0.831 bits per heavy atom. The van der Waals surface area contributed by atoms with Crippen molar-refractivity contribution in [1.29, 1.82) is 0 Å². The fourth-order valence-corrected chi connectivity index (χ4v) is 8.63. The lowest BCUT2D eigenvalue weighted by Gasteiger charge is -2.42. The van der Waals surface area contributed by atoms with Crippen molar-refractivity contribution < 1.29 is 52.8 Å². The van der Waals surface area contributed by atoms with Crippen LogP contribution in [0.15, 0.2) is 36.4 Å². The largest absolute Gasteiger partial charge is 0.511 e. The van der Waals surface area contributed by atoms with E-state index in [2.05, 4.69) is 15.0 Å². The highest BCUT2D eigenvalue weighted by Gasteiger charge is 2.37. The van der Waals surface area contributed by atoms with Gasteiger partial charge in [-0.3, -0.25) is 4.79 Å². The van der Waals surface area contributed by atoms with Crippen LogP contribution >= 0.6 is 0 Å². The monoisotopic (exact) mass is 821 g/mol. The highest BCUT2D eigenvalue weighted by atomic mass is 16.8. The molecule has 2 atom stereocenters. The Morgan fingerprint density at radius 3 is 2.15 bits per heavy atom. The molecule has 59 heavy (non-hydrogen) atoms. The number of urea groups is 1. The molecule has 4 heterocycles. The Labute approximate surface area is 346 Å². The van der Waals surface area contributed by atoms with Crippen molar-refractivity contribution in [1.82, 2.24) is 19.6 Å². The number of nitrogens with one attached hydrogen (secondary N) is 1. The number of esters is 1. The molecular formula is C43H59N5O11. The average molecular weight is 822 g/mol. The molecule has 6 rings (SSSR count). The summed E-state index contributed by atoms with van der Waals surface area (Å²) in [7, 11) is 0. The van der Waals surface area contributed by atoms with E-state index in [4.69, 9.17) is 18.9 Å². The van der Waals surface area contributed by atoms with Gasteiger partial charge in [0.05, 0.1) is 12.7 Å². The summed E-state index contributed by atoms with van der Waals surface area (Å²) in [6, 6.07) is 11.6. The maximum absolute atomic E-state index is 14.2. The molecule has 2 N–H and O–H groups in total. The van der Waals surface area contributed by atoms with Crippen LogP contribution in [0, 0.1) is 13.8 Å². The minimum atomic E-state index is -1.09. The van der Waals surface area contributed by atoms with E-state index in [1.54, 1.807) is 16.7 Å². The lowest BCUT2D eigenvalue weighted by Crippen LogP contribution is -2.53. The van der Waals surface area contributed by atoms with Crippen LogP contribution in [0.25, 0.3) is 0 Å². The summed E-state index contributed by atoms with van der Waals surface area (Å²) in [5, 5.41) is 13.4. The maximum atomic E-state index is 14.2. The zero-order chi connectivity index (χ0) is 42.1. The van der Waals surface area contributed by atoms with E-state index in [0.717, 1.165) is 62.0 Å². The standard InChI is InChI=1S/C43H59N5O11/c1-5-55-43(54)58-30(4)57-38(49)27-56-35-15-21-45(22-16-35)33-11-17-46(18-12-33)40(51)37(26-31-24-28(2)39(50)29(3)25-31)59-42(53)47-19-13-34(14-20-47)48-23-10-32-8-6-7-9-36(32)44-41(48)52/h6-9,24-25,30,33-35,37,50H,5,10-23,26-27H2,1-4H3,(H,44,52)/t30?,37-/m1/s1. The first kappa shape index (κ1) is 43.5. The number of aryl methyl sites for hydroxylation is 2. The number of ether oxygens (including phenoxy) is 5. The molecule has 0 bridgehead atoms. The highest BCUT2D eigenvalue weighted by molar-refractivity contribution is 5.91. The van der Waals surface area contributed by atoms with E-state index >= 15 is 0 Å². The predicted octanol–water partition coefficient (Wildman–Crippen LogP) is 5.15. The number of fused-ring (bicyclic) bond motifs is 1. The summed E-state index contributed by atoms with van der Waals surface area (Å²) in [5.41, 5.74) is 4.10. The van der Waals surface area contributed by atoms with Crippen LogP contribution in [-0.4, -0.2) is 144 Å². The molecule has 0 radical (unpaired) electrons. The molecular weight excluding hydrogens is 762 g/mol. The summed E-state index contributed by atoms with van der Waals surface area (Å²) in [5.74, 6) is -0.667. The van der Waals surface area contributed by atoms with Crippen molar-refractivity contribution in [3.63, 3.8) is 0 Å². The zero-order valence-corrected chi connectivity index (χ0v) is 34.7. The van der Waals surface area contributed by atoms with Gasteiger partial charge in [0.25, 0.3) is 5.91 Å². The molecule has 0 saturated carbocycles. The lowest BCUT2D eigenvalue weighted by atomic mass is 9.97. The second kappa shape index (κ2) is 20.2. The Bertz CT molecular complexity index is 1780. The normalized spacial score (nSPS) is 19.5. The van der Waals surface area contributed by atoms with Crippen LogP contribution in [0.5, 0.6) is 5.75 Å². The molecule has 16 nitrogen and oxygen atoms in total. The van der Waals surface area contributed by atoms with Gasteiger partial charge in [0, 0.05) is 76.9 Å². The molecule has 322 valence electrons. The number of piperidine rings is 3. The van der Waals surface area contributed by atoms with Gasteiger partial charge in [-0.1, -0.05) is 30.3 Å². The summed E-state index contributed by atoms with van der Waals surface area (Å²) < 4.78 is 26.5. The molecule has 0 aromatic heterocycles. The van der Waals surface area contributed by atoms with Gasteiger partial charge < -0.3 is 53.7 Å². The van der Waals surface area contributed by atoms with E-state index in [1.807, 2.05) is 55.1 Å². The average Bonchev–Trinajstić information content (AvgIpc) is 3.39. The van der Waals surface area contributed by atoms with Crippen LogP contribution in [0.1, 0.15) is 74.6 Å². The number of phenols is 1. The van der Waals surface area contributed by atoms with E-state index < -0.39 is 30.6 Å². The first-order valence-corrected chi connectivity index (χ1v) is 21.0. The van der Waals surface area contributed by atoms with Crippen LogP contribution in [0.2, 0.25) is 0 Å². The van der Waals surface area contributed by atoms with Crippen molar-refractivity contribution in [3.8, 4) is 5.75 Å². The number of benzene rings is 2. The SMILES string of the molecule is CCOC(=O)OC(C)OC(=O)COC1CCN(C2CCN(C(=O)[C@@H](Cc3cc(C)c(O)c(C)c3)OC(=O)N3CCC(N4CCc5ccccc5NC4=O)CC3)CC2)CC1. The number of likely N-dealkylation sites (tertiary alicyclic amines) is 3. The van der Waals surface area contributed by atoms with Gasteiger partial charge in [-0.2, -0.15) is 0 Å². The number of para-hydroxylation sites is 1. The van der Waals surface area contributed by atoms with Crippen molar-refractivity contribution >= 4 is 35.8 Å². The van der Waals surface area contributed by atoms with Crippen LogP contribution in [0.3, 0.4) is 0 Å². The molecule has 4 amide bonds. The van der Waals surface area contributed by atoms with E-state index in [1.165, 1.54) is 6.92 Å². The third kappa shape index (κ3) is 11.6. The molecule has 2 aromatic carbocycles. The Balaban J connectivity index is 0.986. The third-order valence-electron chi connectivity index (χ3n) is 11.8. The van der Waals surface area contributed by atoms with Gasteiger partial charge in [0.2, 0.25) is 6.29 Å². The maximum Gasteiger partial charge on any atom is 0.511 e.